The molecule has 1 aromatic carbocycles. The van der Waals surface area contributed by atoms with Crippen LogP contribution in [0.5, 0.6) is 0 Å². The monoisotopic (exact) mass is 285 g/mol. The molecule has 0 amide bonds. The molecule has 6 nitrogen and oxygen atoms in total. The molecule has 0 spiro atoms. The van der Waals surface area contributed by atoms with Crippen LogP contribution in [-0.4, -0.2) is 44.6 Å². The standard InChI is InChI=1S/C12H19N3O3S/c1-3-19(17,18)9-8-15(2)11-6-4-10(5-7-11)12(13)14-16/h4-7,16H,3,8-9H2,1-2H3,(H2,13,14). The van der Waals surface area contributed by atoms with Gasteiger partial charge in [0.2, 0.25) is 0 Å². The summed E-state index contributed by atoms with van der Waals surface area (Å²) >= 11 is 0. The Morgan fingerprint density at radius 1 is 1.37 bits per heavy atom. The SMILES string of the molecule is CCS(=O)(=O)CCN(C)c1ccc(C(N)=NO)cc1. The minimum Gasteiger partial charge on any atom is -0.409 e. The van der Waals surface area contributed by atoms with E-state index in [9.17, 15) is 8.42 Å². The first-order valence-corrected chi connectivity index (χ1v) is 7.71. The summed E-state index contributed by atoms with van der Waals surface area (Å²) < 4.78 is 22.9. The second-order valence-electron chi connectivity index (χ2n) is 4.19. The largest absolute Gasteiger partial charge is 0.409 e. The van der Waals surface area contributed by atoms with Crippen LogP contribution in [0.2, 0.25) is 0 Å². The van der Waals surface area contributed by atoms with Crippen LogP contribution in [0.25, 0.3) is 0 Å². The number of hydrogen-bond acceptors (Lipinski definition) is 5. The van der Waals surface area contributed by atoms with Gasteiger partial charge in [0.1, 0.15) is 0 Å². The molecule has 0 bridgehead atoms. The zero-order valence-corrected chi connectivity index (χ0v) is 11.9. The van der Waals surface area contributed by atoms with E-state index < -0.39 is 9.84 Å². The number of benzene rings is 1. The van der Waals surface area contributed by atoms with Gasteiger partial charge >= 0.3 is 0 Å². The number of oxime groups is 1. The molecule has 0 radical (unpaired) electrons. The molecule has 0 aliphatic heterocycles. The van der Waals surface area contributed by atoms with Gasteiger partial charge in [-0.3, -0.25) is 0 Å². The molecular formula is C12H19N3O3S. The Labute approximate surface area is 113 Å². The molecule has 19 heavy (non-hydrogen) atoms. The van der Waals surface area contributed by atoms with Crippen molar-refractivity contribution in [1.29, 1.82) is 0 Å². The Hall–Kier alpha value is -1.76. The van der Waals surface area contributed by atoms with Crippen molar-refractivity contribution in [3.05, 3.63) is 29.8 Å². The lowest BCUT2D eigenvalue weighted by Gasteiger charge is -2.19. The van der Waals surface area contributed by atoms with E-state index in [1.807, 2.05) is 11.9 Å². The second kappa shape index (κ2) is 6.42. The first-order chi connectivity index (χ1) is 8.89. The van der Waals surface area contributed by atoms with Crippen molar-refractivity contribution in [3.8, 4) is 0 Å². The molecule has 0 aliphatic rings. The normalized spacial score (nSPS) is 12.4. The molecule has 0 unspecified atom stereocenters. The summed E-state index contributed by atoms with van der Waals surface area (Å²) in [6.07, 6.45) is 0. The van der Waals surface area contributed by atoms with Gasteiger partial charge in [-0.15, -0.1) is 0 Å². The van der Waals surface area contributed by atoms with Crippen molar-refractivity contribution in [1.82, 2.24) is 0 Å². The van der Waals surface area contributed by atoms with E-state index in [0.29, 0.717) is 12.1 Å². The summed E-state index contributed by atoms with van der Waals surface area (Å²) in [6, 6.07) is 7.03. The molecule has 0 heterocycles. The molecule has 1 aromatic rings. The number of rotatable bonds is 6. The van der Waals surface area contributed by atoms with Crippen LogP contribution in [0.3, 0.4) is 0 Å². The summed E-state index contributed by atoms with van der Waals surface area (Å²) in [6.45, 7) is 2.07. The molecule has 106 valence electrons. The van der Waals surface area contributed by atoms with Gasteiger partial charge in [0.25, 0.3) is 0 Å². The molecular weight excluding hydrogens is 266 g/mol. The molecule has 7 heteroatoms. The highest BCUT2D eigenvalue weighted by Crippen LogP contribution is 2.13. The fourth-order valence-corrected chi connectivity index (χ4v) is 2.33. The van der Waals surface area contributed by atoms with Gasteiger partial charge in [-0.05, 0) is 24.3 Å². The Bertz CT molecular complexity index is 538. The van der Waals surface area contributed by atoms with Gasteiger partial charge in [0.15, 0.2) is 15.7 Å². The van der Waals surface area contributed by atoms with E-state index in [-0.39, 0.29) is 17.3 Å². The maximum absolute atomic E-state index is 11.4. The van der Waals surface area contributed by atoms with E-state index in [1.165, 1.54) is 0 Å². The Balaban J connectivity index is 2.71. The zero-order chi connectivity index (χ0) is 14.5. The van der Waals surface area contributed by atoms with Crippen molar-refractivity contribution in [3.63, 3.8) is 0 Å². The van der Waals surface area contributed by atoms with Crippen molar-refractivity contribution in [2.75, 3.05) is 30.0 Å². The van der Waals surface area contributed by atoms with E-state index in [0.717, 1.165) is 5.69 Å². The van der Waals surface area contributed by atoms with Crippen LogP contribution < -0.4 is 10.6 Å². The van der Waals surface area contributed by atoms with Gasteiger partial charge in [0.05, 0.1) is 5.75 Å². The number of hydrogen-bond donors (Lipinski definition) is 2. The summed E-state index contributed by atoms with van der Waals surface area (Å²) in [5.74, 6) is 0.327. The van der Waals surface area contributed by atoms with E-state index in [2.05, 4.69) is 5.16 Å². The topological polar surface area (TPSA) is 96.0 Å². The third-order valence-electron chi connectivity index (χ3n) is 2.89. The maximum atomic E-state index is 11.4. The minimum absolute atomic E-state index is 0.0442. The predicted molar refractivity (Wildman–Crippen MR) is 76.6 cm³/mol. The van der Waals surface area contributed by atoms with Crippen molar-refractivity contribution in [2.45, 2.75) is 6.92 Å². The van der Waals surface area contributed by atoms with Crippen LogP contribution in [0.4, 0.5) is 5.69 Å². The zero-order valence-electron chi connectivity index (χ0n) is 11.1. The molecule has 0 saturated heterocycles. The number of sulfone groups is 1. The van der Waals surface area contributed by atoms with Crippen LogP contribution in [-0.2, 0) is 9.84 Å². The fraction of sp³-hybridized carbons (Fsp3) is 0.417. The first-order valence-electron chi connectivity index (χ1n) is 5.89. The van der Waals surface area contributed by atoms with E-state index in [1.54, 1.807) is 31.2 Å². The lowest BCUT2D eigenvalue weighted by atomic mass is 10.2. The summed E-state index contributed by atoms with van der Waals surface area (Å²) in [5, 5.41) is 11.5. The number of anilines is 1. The van der Waals surface area contributed by atoms with Crippen LogP contribution in [0, 0.1) is 0 Å². The lowest BCUT2D eigenvalue weighted by Crippen LogP contribution is -2.26. The number of amidine groups is 1. The molecule has 3 N–H and O–H groups in total. The molecule has 0 aliphatic carbocycles. The molecule has 0 saturated carbocycles. The number of nitrogens with two attached hydrogens (primary N) is 1. The molecule has 0 aromatic heterocycles. The lowest BCUT2D eigenvalue weighted by molar-refractivity contribution is 0.318. The quantitative estimate of drug-likeness (QED) is 0.346. The van der Waals surface area contributed by atoms with E-state index in [4.69, 9.17) is 10.9 Å². The van der Waals surface area contributed by atoms with E-state index >= 15 is 0 Å². The predicted octanol–water partition coefficient (Wildman–Crippen LogP) is 0.652. The second-order valence-corrected chi connectivity index (χ2v) is 6.66. The maximum Gasteiger partial charge on any atom is 0.170 e. The minimum atomic E-state index is -2.96. The average molecular weight is 285 g/mol. The molecule has 1 rings (SSSR count). The summed E-state index contributed by atoms with van der Waals surface area (Å²) in [4.78, 5) is 1.85. The Morgan fingerprint density at radius 3 is 2.42 bits per heavy atom. The first kappa shape index (κ1) is 15.3. The smallest absolute Gasteiger partial charge is 0.170 e. The van der Waals surface area contributed by atoms with Crippen LogP contribution in [0.15, 0.2) is 29.4 Å². The Kier molecular flexibility index (Phi) is 5.17. The highest BCUT2D eigenvalue weighted by Gasteiger charge is 2.10. The third-order valence-corrected chi connectivity index (χ3v) is 4.57. The third kappa shape index (κ3) is 4.44. The summed E-state index contributed by atoms with van der Waals surface area (Å²) in [7, 11) is -1.14. The van der Waals surface area contributed by atoms with Gasteiger partial charge in [-0.1, -0.05) is 12.1 Å². The molecule has 0 fully saturated rings. The fourth-order valence-electron chi connectivity index (χ4n) is 1.49. The van der Waals surface area contributed by atoms with Gasteiger partial charge in [-0.25, -0.2) is 8.42 Å². The van der Waals surface area contributed by atoms with Crippen LogP contribution >= 0.6 is 0 Å². The highest BCUT2D eigenvalue weighted by molar-refractivity contribution is 7.91. The van der Waals surface area contributed by atoms with Gasteiger partial charge in [-0.2, -0.15) is 0 Å². The van der Waals surface area contributed by atoms with Crippen molar-refractivity contribution < 1.29 is 13.6 Å². The number of nitrogens with zero attached hydrogens (tertiary/aromatic N) is 2. The van der Waals surface area contributed by atoms with Gasteiger partial charge in [0, 0.05) is 30.6 Å². The molecule has 0 atom stereocenters. The Morgan fingerprint density at radius 2 is 1.95 bits per heavy atom. The summed E-state index contributed by atoms with van der Waals surface area (Å²) in [5.41, 5.74) is 6.95. The average Bonchev–Trinajstić information content (AvgIpc) is 2.44. The van der Waals surface area contributed by atoms with Crippen LogP contribution in [0.1, 0.15) is 12.5 Å². The van der Waals surface area contributed by atoms with Crippen molar-refractivity contribution in [2.24, 2.45) is 10.9 Å². The highest BCUT2D eigenvalue weighted by atomic mass is 32.2. The van der Waals surface area contributed by atoms with Crippen molar-refractivity contribution >= 4 is 21.4 Å². The van der Waals surface area contributed by atoms with Gasteiger partial charge < -0.3 is 15.8 Å².